The molecule has 3 N–H and O–H groups in total. The first kappa shape index (κ1) is 15.6. The van der Waals surface area contributed by atoms with Gasteiger partial charge in [0.15, 0.2) is 0 Å². The number of hydrogen-bond acceptors (Lipinski definition) is 5. The molecule has 25 heavy (non-hydrogen) atoms. The van der Waals surface area contributed by atoms with Crippen molar-refractivity contribution in [3.63, 3.8) is 0 Å². The summed E-state index contributed by atoms with van der Waals surface area (Å²) in [7, 11) is 0. The molecular weight excluding hydrogens is 328 g/mol. The second-order valence-electron chi connectivity index (χ2n) is 5.93. The molecule has 4 aromatic rings. The van der Waals surface area contributed by atoms with E-state index in [9.17, 15) is 0 Å². The molecule has 5 heteroatoms. The summed E-state index contributed by atoms with van der Waals surface area (Å²) in [5.74, 6) is 0.797. The van der Waals surface area contributed by atoms with Gasteiger partial charge in [-0.15, -0.1) is 11.3 Å². The molecule has 0 radical (unpaired) electrons. The Labute approximate surface area is 150 Å². The van der Waals surface area contributed by atoms with Crippen LogP contribution >= 0.6 is 11.3 Å². The van der Waals surface area contributed by atoms with E-state index in [2.05, 4.69) is 64.0 Å². The first-order valence-electron chi connectivity index (χ1n) is 8.12. The standard InChI is InChI=1S/C20H18N4S/c1-13(15-5-2-3-6-16(15)19-7-4-10-25-19)24-20-17-11-14(21)8-9-18(17)22-12-23-20/h2-13H,21H2,1H3,(H,22,23,24). The van der Waals surface area contributed by atoms with E-state index in [0.717, 1.165) is 16.7 Å². The van der Waals surface area contributed by atoms with Crippen LogP contribution in [-0.4, -0.2) is 9.97 Å². The third-order valence-corrected chi connectivity index (χ3v) is 5.13. The SMILES string of the molecule is CC(Nc1ncnc2ccc(N)cc12)c1ccccc1-c1cccs1. The van der Waals surface area contributed by atoms with Crippen molar-refractivity contribution in [2.45, 2.75) is 13.0 Å². The van der Waals surface area contributed by atoms with Crippen LogP contribution in [0.15, 0.2) is 66.3 Å². The third-order valence-electron chi connectivity index (χ3n) is 4.23. The third kappa shape index (κ3) is 3.06. The van der Waals surface area contributed by atoms with Gasteiger partial charge in [0.1, 0.15) is 12.1 Å². The molecule has 0 saturated carbocycles. The molecule has 0 spiro atoms. The predicted octanol–water partition coefficient (Wildman–Crippen LogP) is 5.11. The van der Waals surface area contributed by atoms with Crippen molar-refractivity contribution in [3.8, 4) is 10.4 Å². The zero-order valence-electron chi connectivity index (χ0n) is 13.8. The van der Waals surface area contributed by atoms with Gasteiger partial charge >= 0.3 is 0 Å². The Hall–Kier alpha value is -2.92. The van der Waals surface area contributed by atoms with Gasteiger partial charge in [-0.2, -0.15) is 0 Å². The molecule has 0 fully saturated rings. The highest BCUT2D eigenvalue weighted by Crippen LogP contribution is 2.33. The number of nitrogens with one attached hydrogen (secondary N) is 1. The van der Waals surface area contributed by atoms with E-state index in [1.807, 2.05) is 18.2 Å². The van der Waals surface area contributed by atoms with Crippen LogP contribution in [0.2, 0.25) is 0 Å². The minimum atomic E-state index is 0.0952. The van der Waals surface area contributed by atoms with Gasteiger partial charge in [-0.1, -0.05) is 30.3 Å². The van der Waals surface area contributed by atoms with Gasteiger partial charge in [-0.3, -0.25) is 0 Å². The van der Waals surface area contributed by atoms with E-state index in [1.54, 1.807) is 17.7 Å². The molecule has 2 aromatic heterocycles. The molecule has 0 bridgehead atoms. The highest BCUT2D eigenvalue weighted by Gasteiger charge is 2.14. The maximum absolute atomic E-state index is 5.94. The van der Waals surface area contributed by atoms with Gasteiger partial charge in [0.2, 0.25) is 0 Å². The summed E-state index contributed by atoms with van der Waals surface area (Å²) in [4.78, 5) is 10.0. The summed E-state index contributed by atoms with van der Waals surface area (Å²) >= 11 is 1.75. The van der Waals surface area contributed by atoms with Crippen molar-refractivity contribution in [3.05, 3.63) is 71.9 Å². The minimum Gasteiger partial charge on any atom is -0.399 e. The van der Waals surface area contributed by atoms with Crippen LogP contribution in [0.4, 0.5) is 11.5 Å². The van der Waals surface area contributed by atoms with Crippen LogP contribution in [0.3, 0.4) is 0 Å². The molecule has 1 atom stereocenters. The number of thiophene rings is 1. The number of hydrogen-bond donors (Lipinski definition) is 2. The smallest absolute Gasteiger partial charge is 0.137 e. The van der Waals surface area contributed by atoms with Gasteiger partial charge in [0.05, 0.1) is 11.6 Å². The summed E-state index contributed by atoms with van der Waals surface area (Å²) < 4.78 is 0. The monoisotopic (exact) mass is 346 g/mol. The Kier molecular flexibility index (Phi) is 4.07. The van der Waals surface area contributed by atoms with Crippen molar-refractivity contribution < 1.29 is 0 Å². The van der Waals surface area contributed by atoms with Crippen LogP contribution in [0.1, 0.15) is 18.5 Å². The predicted molar refractivity (Wildman–Crippen MR) is 106 cm³/mol. The van der Waals surface area contributed by atoms with Gasteiger partial charge < -0.3 is 11.1 Å². The van der Waals surface area contributed by atoms with Crippen LogP contribution in [0, 0.1) is 0 Å². The molecule has 1 unspecified atom stereocenters. The lowest BCUT2D eigenvalue weighted by Gasteiger charge is -2.19. The zero-order valence-corrected chi connectivity index (χ0v) is 14.6. The number of benzene rings is 2. The summed E-state index contributed by atoms with van der Waals surface area (Å²) in [5.41, 5.74) is 10.0. The second kappa shape index (κ2) is 6.53. The van der Waals surface area contributed by atoms with Crippen LogP contribution < -0.4 is 11.1 Å². The first-order valence-corrected chi connectivity index (χ1v) is 9.00. The fourth-order valence-electron chi connectivity index (χ4n) is 3.00. The van der Waals surface area contributed by atoms with Gasteiger partial charge in [0.25, 0.3) is 0 Å². The van der Waals surface area contributed by atoms with E-state index >= 15 is 0 Å². The van der Waals surface area contributed by atoms with E-state index in [4.69, 9.17) is 5.73 Å². The maximum Gasteiger partial charge on any atom is 0.137 e. The molecule has 0 aliphatic heterocycles. The molecule has 2 heterocycles. The molecule has 0 aliphatic rings. The lowest BCUT2D eigenvalue weighted by molar-refractivity contribution is 0.878. The van der Waals surface area contributed by atoms with E-state index in [-0.39, 0.29) is 6.04 Å². The summed E-state index contributed by atoms with van der Waals surface area (Å²) in [6.45, 7) is 2.15. The highest BCUT2D eigenvalue weighted by atomic mass is 32.1. The molecular formula is C20H18N4S. The van der Waals surface area contributed by atoms with E-state index < -0.39 is 0 Å². The lowest BCUT2D eigenvalue weighted by atomic mass is 10.00. The van der Waals surface area contributed by atoms with Crippen molar-refractivity contribution >= 4 is 33.7 Å². The number of nitrogens with two attached hydrogens (primary N) is 1. The summed E-state index contributed by atoms with van der Waals surface area (Å²) in [5, 5.41) is 6.56. The molecule has 4 nitrogen and oxygen atoms in total. The number of nitrogens with zero attached hydrogens (tertiary/aromatic N) is 2. The minimum absolute atomic E-state index is 0.0952. The Morgan fingerprint density at radius 3 is 2.76 bits per heavy atom. The molecule has 0 aliphatic carbocycles. The van der Waals surface area contributed by atoms with Gasteiger partial charge in [-0.25, -0.2) is 9.97 Å². The maximum atomic E-state index is 5.94. The normalized spacial score (nSPS) is 12.2. The van der Waals surface area contributed by atoms with Gasteiger partial charge in [0, 0.05) is 16.0 Å². The topological polar surface area (TPSA) is 63.8 Å². The van der Waals surface area contributed by atoms with Crippen LogP contribution in [0.25, 0.3) is 21.3 Å². The first-order chi connectivity index (χ1) is 12.2. The summed E-state index contributed by atoms with van der Waals surface area (Å²) in [6, 6.07) is 18.5. The number of nitrogen functional groups attached to an aromatic ring is 1. The van der Waals surface area contributed by atoms with Crippen LogP contribution in [-0.2, 0) is 0 Å². The van der Waals surface area contributed by atoms with Crippen molar-refractivity contribution in [2.24, 2.45) is 0 Å². The number of rotatable bonds is 4. The highest BCUT2D eigenvalue weighted by molar-refractivity contribution is 7.13. The number of anilines is 2. The largest absolute Gasteiger partial charge is 0.399 e. The number of fused-ring (bicyclic) bond motifs is 1. The second-order valence-corrected chi connectivity index (χ2v) is 6.88. The van der Waals surface area contributed by atoms with Crippen molar-refractivity contribution in [1.82, 2.24) is 9.97 Å². The molecule has 4 rings (SSSR count). The Morgan fingerprint density at radius 1 is 1.04 bits per heavy atom. The Bertz CT molecular complexity index is 1010. The van der Waals surface area contributed by atoms with E-state index in [0.29, 0.717) is 5.69 Å². The lowest BCUT2D eigenvalue weighted by Crippen LogP contribution is -2.09. The van der Waals surface area contributed by atoms with Crippen molar-refractivity contribution in [1.29, 1.82) is 0 Å². The Balaban J connectivity index is 1.72. The average molecular weight is 346 g/mol. The fraction of sp³-hybridized carbons (Fsp3) is 0.100. The van der Waals surface area contributed by atoms with E-state index in [1.165, 1.54) is 16.0 Å². The van der Waals surface area contributed by atoms with Crippen molar-refractivity contribution in [2.75, 3.05) is 11.1 Å². The molecule has 0 saturated heterocycles. The quantitative estimate of drug-likeness (QED) is 0.504. The average Bonchev–Trinajstić information content (AvgIpc) is 3.17. The van der Waals surface area contributed by atoms with Crippen LogP contribution in [0.5, 0.6) is 0 Å². The molecule has 2 aromatic carbocycles. The summed E-state index contributed by atoms with van der Waals surface area (Å²) in [6.07, 6.45) is 1.58. The zero-order chi connectivity index (χ0) is 17.2. The number of aromatic nitrogens is 2. The molecule has 0 amide bonds. The van der Waals surface area contributed by atoms with Gasteiger partial charge in [-0.05, 0) is 47.7 Å². The Morgan fingerprint density at radius 2 is 1.92 bits per heavy atom. The fourth-order valence-corrected chi connectivity index (χ4v) is 3.78. The molecule has 124 valence electrons.